The molecule has 3 rings (SSSR count). The number of esters is 1. The highest BCUT2D eigenvalue weighted by molar-refractivity contribution is 5.94. The van der Waals surface area contributed by atoms with Crippen molar-refractivity contribution in [1.82, 2.24) is 4.90 Å². The first-order valence-electron chi connectivity index (χ1n) is 10.4. The molecule has 0 aliphatic rings. The molecule has 6 heteroatoms. The first kappa shape index (κ1) is 22.7. The van der Waals surface area contributed by atoms with Gasteiger partial charge in [0, 0.05) is 25.7 Å². The molecule has 0 radical (unpaired) electrons. The summed E-state index contributed by atoms with van der Waals surface area (Å²) in [6, 6.07) is 26.1. The maximum Gasteiger partial charge on any atom is 0.338 e. The van der Waals surface area contributed by atoms with Gasteiger partial charge in [-0.15, -0.1) is 0 Å². The molecule has 3 aromatic rings. The first-order chi connectivity index (χ1) is 15.5. The van der Waals surface area contributed by atoms with E-state index in [0.29, 0.717) is 25.2 Å². The molecular formula is C26H26N2O4. The van der Waals surface area contributed by atoms with E-state index >= 15 is 0 Å². The summed E-state index contributed by atoms with van der Waals surface area (Å²) in [5, 5.41) is 2.62. The van der Waals surface area contributed by atoms with Crippen LogP contribution in [0.4, 0.5) is 5.69 Å². The van der Waals surface area contributed by atoms with Crippen molar-refractivity contribution >= 4 is 23.5 Å². The molecule has 0 saturated carbocycles. The fourth-order valence-electron chi connectivity index (χ4n) is 3.23. The van der Waals surface area contributed by atoms with E-state index in [1.165, 1.54) is 13.0 Å². The van der Waals surface area contributed by atoms with Crippen molar-refractivity contribution < 1.29 is 19.1 Å². The Balaban J connectivity index is 1.63. The molecule has 32 heavy (non-hydrogen) atoms. The number of nitrogens with one attached hydrogen (secondary N) is 1. The van der Waals surface area contributed by atoms with Gasteiger partial charge in [-0.05, 0) is 35.7 Å². The molecule has 6 nitrogen and oxygen atoms in total. The van der Waals surface area contributed by atoms with Crippen molar-refractivity contribution in [1.29, 1.82) is 0 Å². The van der Waals surface area contributed by atoms with E-state index in [2.05, 4.69) is 5.32 Å². The van der Waals surface area contributed by atoms with Gasteiger partial charge in [0.05, 0.1) is 5.56 Å². The molecule has 0 aliphatic heterocycles. The molecule has 0 spiro atoms. The van der Waals surface area contributed by atoms with Gasteiger partial charge in [-0.1, -0.05) is 66.7 Å². The van der Waals surface area contributed by atoms with Crippen LogP contribution in [0.1, 0.15) is 28.4 Å². The van der Waals surface area contributed by atoms with E-state index < -0.39 is 5.97 Å². The average molecular weight is 431 g/mol. The Bertz CT molecular complexity index is 1050. The molecule has 0 aliphatic carbocycles. The molecule has 0 unspecified atom stereocenters. The summed E-state index contributed by atoms with van der Waals surface area (Å²) in [4.78, 5) is 38.3. The number of nitrogens with zero attached hydrogens (tertiary/aromatic N) is 1. The van der Waals surface area contributed by atoms with Crippen LogP contribution < -0.4 is 5.32 Å². The number of amides is 2. The SMILES string of the molecule is CC(=O)Nc1cccc(C(=O)OCC(=O)N(CCc2ccccc2)Cc2ccccc2)c1. The lowest BCUT2D eigenvalue weighted by Crippen LogP contribution is -2.35. The van der Waals surface area contributed by atoms with Gasteiger partial charge in [-0.2, -0.15) is 0 Å². The fraction of sp³-hybridized carbons (Fsp3) is 0.192. The van der Waals surface area contributed by atoms with Gasteiger partial charge in [0.15, 0.2) is 6.61 Å². The Morgan fingerprint density at radius 1 is 0.844 bits per heavy atom. The van der Waals surface area contributed by atoms with Crippen molar-refractivity contribution in [3.8, 4) is 0 Å². The number of hydrogen-bond donors (Lipinski definition) is 1. The summed E-state index contributed by atoms with van der Waals surface area (Å²) in [6.45, 7) is 1.97. The minimum atomic E-state index is -0.617. The Morgan fingerprint density at radius 3 is 2.16 bits per heavy atom. The zero-order valence-electron chi connectivity index (χ0n) is 18.0. The second-order valence-corrected chi connectivity index (χ2v) is 7.37. The Hall–Kier alpha value is -3.93. The number of carbonyl (C=O) groups is 3. The van der Waals surface area contributed by atoms with E-state index in [9.17, 15) is 14.4 Å². The summed E-state index contributed by atoms with van der Waals surface area (Å²) >= 11 is 0. The zero-order chi connectivity index (χ0) is 22.8. The summed E-state index contributed by atoms with van der Waals surface area (Å²) in [6.07, 6.45) is 0.701. The average Bonchev–Trinajstić information content (AvgIpc) is 2.81. The van der Waals surface area contributed by atoms with Gasteiger partial charge in [0.25, 0.3) is 5.91 Å². The Morgan fingerprint density at radius 2 is 1.50 bits per heavy atom. The standard InChI is InChI=1S/C26H26N2O4/c1-20(29)27-24-14-8-13-23(17-24)26(31)32-19-25(30)28(18-22-11-6-3-7-12-22)16-15-21-9-4-2-5-10-21/h2-14,17H,15-16,18-19H2,1H3,(H,27,29). The van der Waals surface area contributed by atoms with E-state index in [1.54, 1.807) is 23.1 Å². The van der Waals surface area contributed by atoms with Crippen LogP contribution in [0.25, 0.3) is 0 Å². The van der Waals surface area contributed by atoms with Crippen LogP contribution in [0.15, 0.2) is 84.9 Å². The van der Waals surface area contributed by atoms with Crippen molar-refractivity contribution in [2.75, 3.05) is 18.5 Å². The van der Waals surface area contributed by atoms with Crippen LogP contribution in [-0.2, 0) is 27.3 Å². The molecule has 0 bridgehead atoms. The quantitative estimate of drug-likeness (QED) is 0.519. The lowest BCUT2D eigenvalue weighted by Gasteiger charge is -2.23. The van der Waals surface area contributed by atoms with E-state index in [-0.39, 0.29) is 24.0 Å². The van der Waals surface area contributed by atoms with Gasteiger partial charge >= 0.3 is 5.97 Å². The Labute approximate surface area is 187 Å². The molecule has 0 aromatic heterocycles. The highest BCUT2D eigenvalue weighted by Crippen LogP contribution is 2.13. The predicted molar refractivity (Wildman–Crippen MR) is 123 cm³/mol. The fourth-order valence-corrected chi connectivity index (χ4v) is 3.23. The molecular weight excluding hydrogens is 404 g/mol. The van der Waals surface area contributed by atoms with Crippen LogP contribution in [-0.4, -0.2) is 35.8 Å². The van der Waals surface area contributed by atoms with E-state index in [4.69, 9.17) is 4.74 Å². The third kappa shape index (κ3) is 7.09. The molecule has 0 fully saturated rings. The van der Waals surface area contributed by atoms with Gasteiger partial charge in [0.1, 0.15) is 0 Å². The topological polar surface area (TPSA) is 75.7 Å². The largest absolute Gasteiger partial charge is 0.452 e. The van der Waals surface area contributed by atoms with E-state index in [1.807, 2.05) is 60.7 Å². The van der Waals surface area contributed by atoms with Crippen LogP contribution in [0, 0.1) is 0 Å². The maximum absolute atomic E-state index is 12.9. The predicted octanol–water partition coefficient (Wildman–Crippen LogP) is 4.07. The minimum absolute atomic E-state index is 0.235. The summed E-state index contributed by atoms with van der Waals surface area (Å²) in [5.74, 6) is -1.12. The second-order valence-electron chi connectivity index (χ2n) is 7.37. The normalized spacial score (nSPS) is 10.3. The molecule has 3 aromatic carbocycles. The monoisotopic (exact) mass is 430 g/mol. The van der Waals surface area contributed by atoms with Gasteiger partial charge < -0.3 is 15.0 Å². The minimum Gasteiger partial charge on any atom is -0.452 e. The summed E-state index contributed by atoms with van der Waals surface area (Å²) in [5.41, 5.74) is 2.89. The van der Waals surface area contributed by atoms with E-state index in [0.717, 1.165) is 11.1 Å². The molecule has 1 N–H and O–H groups in total. The number of hydrogen-bond acceptors (Lipinski definition) is 4. The van der Waals surface area contributed by atoms with Crippen molar-refractivity contribution in [3.05, 3.63) is 102 Å². The van der Waals surface area contributed by atoms with Gasteiger partial charge in [-0.3, -0.25) is 9.59 Å². The zero-order valence-corrected chi connectivity index (χ0v) is 18.0. The maximum atomic E-state index is 12.9. The lowest BCUT2D eigenvalue weighted by atomic mass is 10.1. The van der Waals surface area contributed by atoms with Crippen molar-refractivity contribution in [3.63, 3.8) is 0 Å². The highest BCUT2D eigenvalue weighted by Gasteiger charge is 2.17. The molecule has 0 atom stereocenters. The van der Waals surface area contributed by atoms with Crippen molar-refractivity contribution in [2.45, 2.75) is 19.9 Å². The summed E-state index contributed by atoms with van der Waals surface area (Å²) in [7, 11) is 0. The smallest absolute Gasteiger partial charge is 0.338 e. The van der Waals surface area contributed by atoms with Crippen LogP contribution in [0.3, 0.4) is 0 Å². The first-order valence-corrected chi connectivity index (χ1v) is 10.4. The number of benzene rings is 3. The molecule has 2 amide bonds. The van der Waals surface area contributed by atoms with Crippen LogP contribution in [0.5, 0.6) is 0 Å². The van der Waals surface area contributed by atoms with Crippen molar-refractivity contribution in [2.24, 2.45) is 0 Å². The molecule has 0 saturated heterocycles. The third-order valence-corrected chi connectivity index (χ3v) is 4.83. The second kappa shape index (κ2) is 11.5. The summed E-state index contributed by atoms with van der Waals surface area (Å²) < 4.78 is 5.28. The van der Waals surface area contributed by atoms with Crippen LogP contribution >= 0.6 is 0 Å². The number of anilines is 1. The number of carbonyl (C=O) groups excluding carboxylic acids is 3. The van der Waals surface area contributed by atoms with Gasteiger partial charge in [-0.25, -0.2) is 4.79 Å². The molecule has 0 heterocycles. The number of rotatable bonds is 9. The lowest BCUT2D eigenvalue weighted by molar-refractivity contribution is -0.135. The van der Waals surface area contributed by atoms with Crippen LogP contribution in [0.2, 0.25) is 0 Å². The molecule has 164 valence electrons. The number of ether oxygens (including phenoxy) is 1. The Kier molecular flexibility index (Phi) is 8.15. The highest BCUT2D eigenvalue weighted by atomic mass is 16.5. The van der Waals surface area contributed by atoms with Gasteiger partial charge in [0.2, 0.25) is 5.91 Å². The third-order valence-electron chi connectivity index (χ3n) is 4.83.